The molecule has 0 bridgehead atoms. The first kappa shape index (κ1) is 20.6. The van der Waals surface area contributed by atoms with Crippen molar-refractivity contribution in [2.45, 2.75) is 37.2 Å². The molecule has 1 N–H and O–H groups in total. The van der Waals surface area contributed by atoms with Gasteiger partial charge in [0.25, 0.3) is 0 Å². The van der Waals surface area contributed by atoms with Crippen molar-refractivity contribution in [2.75, 3.05) is 12.3 Å². The molecule has 2 aromatic rings. The van der Waals surface area contributed by atoms with Crippen LogP contribution in [0.15, 0.2) is 30.3 Å². The molecule has 9 heteroatoms. The minimum Gasteiger partial charge on any atom is -0.304 e. The summed E-state index contributed by atoms with van der Waals surface area (Å²) in [5, 5.41) is 3.61. The van der Waals surface area contributed by atoms with Gasteiger partial charge in [0.1, 0.15) is 0 Å². The monoisotopic (exact) mass is 437 g/mol. The number of benzene rings is 1. The van der Waals surface area contributed by atoms with Crippen LogP contribution >= 0.6 is 22.9 Å². The quantitative estimate of drug-likeness (QED) is 0.711. The third-order valence-corrected chi connectivity index (χ3v) is 9.53. The van der Waals surface area contributed by atoms with Crippen LogP contribution in [0.3, 0.4) is 0 Å². The van der Waals surface area contributed by atoms with Crippen LogP contribution in [0.5, 0.6) is 0 Å². The molecule has 1 saturated heterocycles. The normalized spacial score (nSPS) is 24.7. The van der Waals surface area contributed by atoms with Crippen LogP contribution in [-0.2, 0) is 21.6 Å². The summed E-state index contributed by atoms with van der Waals surface area (Å²) in [6.45, 7) is 5.35. The smallest absolute Gasteiger partial charge is 0.304 e. The molecule has 1 aliphatic heterocycles. The molecule has 27 heavy (non-hydrogen) atoms. The van der Waals surface area contributed by atoms with Gasteiger partial charge in [-0.2, -0.15) is 13.2 Å². The maximum atomic E-state index is 13.0. The highest BCUT2D eigenvalue weighted by molar-refractivity contribution is 7.92. The van der Waals surface area contributed by atoms with Gasteiger partial charge < -0.3 is 5.32 Å². The van der Waals surface area contributed by atoms with Gasteiger partial charge >= 0.3 is 6.18 Å². The van der Waals surface area contributed by atoms with Crippen molar-refractivity contribution < 1.29 is 21.6 Å². The number of hydrogen-bond acceptors (Lipinski definition) is 4. The predicted molar refractivity (Wildman–Crippen MR) is 103 cm³/mol. The highest BCUT2D eigenvalue weighted by atomic mass is 35.5. The number of halogens is 4. The first-order chi connectivity index (χ1) is 12.3. The Morgan fingerprint density at radius 2 is 1.85 bits per heavy atom. The van der Waals surface area contributed by atoms with Crippen molar-refractivity contribution in [1.82, 2.24) is 5.32 Å². The zero-order valence-corrected chi connectivity index (χ0v) is 17.3. The lowest BCUT2D eigenvalue weighted by Crippen LogP contribution is -2.60. The molecule has 3 rings (SSSR count). The summed E-state index contributed by atoms with van der Waals surface area (Å²) in [7, 11) is -3.38. The molecule has 1 aliphatic rings. The molecule has 0 amide bonds. The molecule has 1 aromatic carbocycles. The Balaban J connectivity index is 2.01. The van der Waals surface area contributed by atoms with Crippen LogP contribution in [0, 0.1) is 0 Å². The highest BCUT2D eigenvalue weighted by Gasteiger charge is 2.48. The molecule has 1 aromatic heterocycles. The largest absolute Gasteiger partial charge is 0.416 e. The van der Waals surface area contributed by atoms with Gasteiger partial charge in [-0.25, -0.2) is 8.42 Å². The van der Waals surface area contributed by atoms with Gasteiger partial charge in [0.15, 0.2) is 9.84 Å². The van der Waals surface area contributed by atoms with Crippen molar-refractivity contribution in [3.8, 4) is 10.4 Å². The maximum Gasteiger partial charge on any atom is 0.416 e. The van der Waals surface area contributed by atoms with E-state index in [9.17, 15) is 21.6 Å². The number of thiophene rings is 1. The van der Waals surface area contributed by atoms with Gasteiger partial charge in [-0.3, -0.25) is 0 Å². The van der Waals surface area contributed by atoms with Crippen LogP contribution < -0.4 is 5.32 Å². The van der Waals surface area contributed by atoms with E-state index in [0.29, 0.717) is 20.3 Å². The Bertz CT molecular complexity index is 983. The molecule has 3 nitrogen and oxygen atoms in total. The van der Waals surface area contributed by atoms with Crippen LogP contribution in [0.1, 0.15) is 31.2 Å². The van der Waals surface area contributed by atoms with E-state index in [1.54, 1.807) is 32.9 Å². The Morgan fingerprint density at radius 3 is 2.44 bits per heavy atom. The Labute approximate surface area is 165 Å². The summed E-state index contributed by atoms with van der Waals surface area (Å²) in [5.74, 6) is -0.130. The molecule has 0 spiro atoms. The zero-order valence-electron chi connectivity index (χ0n) is 14.9. The second-order valence-corrected chi connectivity index (χ2v) is 11.7. The number of rotatable bonds is 2. The Kier molecular flexibility index (Phi) is 4.95. The lowest BCUT2D eigenvalue weighted by atomic mass is 10.0. The fraction of sp³-hybridized carbons (Fsp3) is 0.444. The lowest BCUT2D eigenvalue weighted by Gasteiger charge is -2.41. The first-order valence-electron chi connectivity index (χ1n) is 8.20. The molecule has 0 radical (unpaired) electrons. The van der Waals surface area contributed by atoms with Crippen molar-refractivity contribution in [3.63, 3.8) is 0 Å². The van der Waals surface area contributed by atoms with Crippen LogP contribution in [0.2, 0.25) is 5.02 Å². The predicted octanol–water partition coefficient (Wildman–Crippen LogP) is 5.10. The minimum atomic E-state index is -4.43. The first-order valence-corrected chi connectivity index (χ1v) is 11.0. The number of nitrogens with one attached hydrogen (secondary N) is 1. The third-order valence-electron chi connectivity index (χ3n) is 4.89. The van der Waals surface area contributed by atoms with Crippen LogP contribution in [-0.4, -0.2) is 25.5 Å². The Hall–Kier alpha value is -1.09. The summed E-state index contributed by atoms with van der Waals surface area (Å²) >= 11 is 7.58. The van der Waals surface area contributed by atoms with E-state index >= 15 is 0 Å². The van der Waals surface area contributed by atoms with Gasteiger partial charge in [0, 0.05) is 16.3 Å². The van der Waals surface area contributed by atoms with E-state index in [2.05, 4.69) is 5.32 Å². The van der Waals surface area contributed by atoms with Gasteiger partial charge in [-0.05, 0) is 44.5 Å². The van der Waals surface area contributed by atoms with E-state index in [1.165, 1.54) is 17.4 Å². The summed E-state index contributed by atoms with van der Waals surface area (Å²) in [6, 6.07) is 6.60. The van der Waals surface area contributed by atoms with Crippen molar-refractivity contribution in [1.29, 1.82) is 0 Å². The highest BCUT2D eigenvalue weighted by Crippen LogP contribution is 2.44. The fourth-order valence-corrected chi connectivity index (χ4v) is 6.47. The van der Waals surface area contributed by atoms with E-state index < -0.39 is 31.9 Å². The number of alkyl halides is 3. The molecule has 1 atom stereocenters. The molecule has 148 valence electrons. The van der Waals surface area contributed by atoms with Crippen LogP contribution in [0.4, 0.5) is 13.2 Å². The fourth-order valence-electron chi connectivity index (χ4n) is 3.03. The number of sulfone groups is 1. The van der Waals surface area contributed by atoms with Gasteiger partial charge in [0.2, 0.25) is 0 Å². The second kappa shape index (κ2) is 6.47. The average molecular weight is 438 g/mol. The topological polar surface area (TPSA) is 46.2 Å². The van der Waals surface area contributed by atoms with E-state index in [1.807, 2.05) is 0 Å². The average Bonchev–Trinajstić information content (AvgIpc) is 2.94. The molecular formula is C18H19ClF3NO2S2. The summed E-state index contributed by atoms with van der Waals surface area (Å²) in [4.78, 5) is 1.17. The van der Waals surface area contributed by atoms with E-state index in [-0.39, 0.29) is 12.3 Å². The van der Waals surface area contributed by atoms with Crippen molar-refractivity contribution >= 4 is 32.8 Å². The minimum absolute atomic E-state index is 0.130. The number of hydrogen-bond donors (Lipinski definition) is 1. The van der Waals surface area contributed by atoms with Gasteiger partial charge in [0.05, 0.1) is 26.6 Å². The standard InChI is InChI=1S/C18H19ClF3NO2S2/c1-16(2)9-23-17(3,10-27(16,24)25)15-13(19)8-14(26-15)11-5-4-6-12(7-11)18(20,21)22/h4-8,23H,9-10H2,1-3H3. The third kappa shape index (κ3) is 3.77. The SMILES string of the molecule is CC1(c2sc(-c3cccc(C(F)(F)F)c3)cc2Cl)CS(=O)(=O)C(C)(C)CN1. The van der Waals surface area contributed by atoms with E-state index in [4.69, 9.17) is 11.6 Å². The van der Waals surface area contributed by atoms with Crippen molar-refractivity contribution in [3.05, 3.63) is 45.8 Å². The Morgan fingerprint density at radius 1 is 1.19 bits per heavy atom. The molecular weight excluding hydrogens is 419 g/mol. The van der Waals surface area contributed by atoms with E-state index in [0.717, 1.165) is 12.1 Å². The maximum absolute atomic E-state index is 13.0. The lowest BCUT2D eigenvalue weighted by molar-refractivity contribution is -0.137. The van der Waals surface area contributed by atoms with Gasteiger partial charge in [-0.15, -0.1) is 11.3 Å². The molecule has 0 aliphatic carbocycles. The van der Waals surface area contributed by atoms with Gasteiger partial charge in [-0.1, -0.05) is 23.7 Å². The summed E-state index contributed by atoms with van der Waals surface area (Å²) in [6.07, 6.45) is -4.43. The molecule has 1 unspecified atom stereocenters. The second-order valence-electron chi connectivity index (χ2n) is 7.57. The van der Waals surface area contributed by atoms with Crippen molar-refractivity contribution in [2.24, 2.45) is 0 Å². The molecule has 1 fully saturated rings. The summed E-state index contributed by atoms with van der Waals surface area (Å²) < 4.78 is 63.3. The van der Waals surface area contributed by atoms with Crippen LogP contribution in [0.25, 0.3) is 10.4 Å². The molecule has 0 saturated carbocycles. The molecule has 2 heterocycles. The zero-order chi connectivity index (χ0) is 20.3. The summed E-state index contributed by atoms with van der Waals surface area (Å²) in [5.41, 5.74) is -1.24.